The minimum atomic E-state index is -1.51. The van der Waals surface area contributed by atoms with Crippen LogP contribution in [0.15, 0.2) is 103 Å². The van der Waals surface area contributed by atoms with Crippen LogP contribution in [0.25, 0.3) is 6.08 Å². The minimum Gasteiger partial charge on any atom is -0.497 e. The summed E-state index contributed by atoms with van der Waals surface area (Å²) in [6, 6.07) is 25.0. The van der Waals surface area contributed by atoms with E-state index >= 15 is 0 Å². The Bertz CT molecular complexity index is 1880. The van der Waals surface area contributed by atoms with Gasteiger partial charge in [0.05, 0.1) is 24.0 Å². The molecule has 0 unspecified atom stereocenters. The van der Waals surface area contributed by atoms with Gasteiger partial charge in [-0.05, 0) is 35.4 Å². The summed E-state index contributed by atoms with van der Waals surface area (Å²) >= 11 is 0. The van der Waals surface area contributed by atoms with Crippen molar-refractivity contribution in [3.8, 4) is 5.75 Å². The first-order valence-electron chi connectivity index (χ1n) is 13.8. The first-order valence-corrected chi connectivity index (χ1v) is 13.8. The van der Waals surface area contributed by atoms with Crippen molar-refractivity contribution in [2.24, 2.45) is 5.92 Å². The van der Waals surface area contributed by atoms with Gasteiger partial charge in [0.25, 0.3) is 5.69 Å². The number of non-ortho nitro benzene ring substituents is 1. The number of hydrogen-bond acceptors (Lipinski definition) is 7. The van der Waals surface area contributed by atoms with Gasteiger partial charge in [-0.25, -0.2) is 0 Å². The number of nitro groups is 1. The molecule has 0 aliphatic carbocycles. The zero-order valence-electron chi connectivity index (χ0n) is 23.0. The Morgan fingerprint density at radius 2 is 1.63 bits per heavy atom. The molecule has 4 aromatic carbocycles. The van der Waals surface area contributed by atoms with Gasteiger partial charge in [-0.15, -0.1) is 0 Å². The molecule has 4 aromatic rings. The monoisotopic (exact) mass is 571 g/mol. The number of fused-ring (bicyclic) bond motifs is 6. The molecule has 1 N–H and O–H groups in total. The molecular formula is C34H25N3O6. The summed E-state index contributed by atoms with van der Waals surface area (Å²) in [4.78, 5) is 57.0. The Labute approximate surface area is 246 Å². The lowest BCUT2D eigenvalue weighted by Gasteiger charge is -2.37. The summed E-state index contributed by atoms with van der Waals surface area (Å²) < 4.78 is 5.39. The van der Waals surface area contributed by atoms with Gasteiger partial charge in [-0.3, -0.25) is 24.5 Å². The van der Waals surface area contributed by atoms with Gasteiger partial charge in [-0.1, -0.05) is 72.8 Å². The van der Waals surface area contributed by atoms with Gasteiger partial charge in [0, 0.05) is 34.6 Å². The van der Waals surface area contributed by atoms with Gasteiger partial charge < -0.3 is 15.0 Å². The summed E-state index contributed by atoms with van der Waals surface area (Å²) in [6.07, 6.45) is 3.80. The van der Waals surface area contributed by atoms with Gasteiger partial charge in [0.2, 0.25) is 5.91 Å². The molecule has 212 valence electrons. The number of nitro benzene ring substituents is 1. The topological polar surface area (TPSA) is 119 Å². The first-order chi connectivity index (χ1) is 20.9. The molecule has 0 bridgehead atoms. The molecule has 4 atom stereocenters. The van der Waals surface area contributed by atoms with Crippen molar-refractivity contribution in [3.63, 3.8) is 0 Å². The molecule has 1 amide bonds. The van der Waals surface area contributed by atoms with Crippen molar-refractivity contribution < 1.29 is 24.0 Å². The Balaban J connectivity index is 1.53. The maximum absolute atomic E-state index is 14.8. The fourth-order valence-electron chi connectivity index (χ4n) is 7.02. The fourth-order valence-corrected chi connectivity index (χ4v) is 7.02. The predicted octanol–water partition coefficient (Wildman–Crippen LogP) is 5.46. The molecule has 9 heteroatoms. The Kier molecular flexibility index (Phi) is 5.98. The van der Waals surface area contributed by atoms with Crippen LogP contribution in [0.3, 0.4) is 0 Å². The summed E-state index contributed by atoms with van der Waals surface area (Å²) in [5.41, 5.74) is 1.31. The van der Waals surface area contributed by atoms with E-state index < -0.39 is 40.0 Å². The number of nitrogens with zero attached hydrogens (tertiary/aromatic N) is 2. The standard InChI is InChI=1S/C34H25N3O6/c1-43-24-12-7-10-22(19-24)32(39)30-29(31(38)21-9-6-11-23(18-21)37(41)42)34(25-13-3-4-14-26(25)35-33(34)40)28-17-16-20-8-2-5-15-27(20)36(28)30/h2-19,28-30H,1H3,(H,35,40)/t28-,29+,30-,34-/m0/s1. The average molecular weight is 572 g/mol. The number of para-hydroxylation sites is 2. The summed E-state index contributed by atoms with van der Waals surface area (Å²) in [7, 11) is 1.50. The second kappa shape index (κ2) is 9.77. The molecule has 1 saturated heterocycles. The van der Waals surface area contributed by atoms with Crippen LogP contribution in [-0.2, 0) is 10.2 Å². The van der Waals surface area contributed by atoms with Crippen LogP contribution in [0.5, 0.6) is 5.75 Å². The Morgan fingerprint density at radius 3 is 2.42 bits per heavy atom. The number of rotatable bonds is 6. The first kappa shape index (κ1) is 26.3. The van der Waals surface area contributed by atoms with Crippen LogP contribution in [0, 0.1) is 16.0 Å². The molecule has 3 aliphatic heterocycles. The van der Waals surface area contributed by atoms with Crippen molar-refractivity contribution in [3.05, 3.63) is 136 Å². The maximum atomic E-state index is 14.8. The van der Waals surface area contributed by atoms with Crippen LogP contribution >= 0.6 is 0 Å². The molecule has 0 aromatic heterocycles. The number of anilines is 2. The minimum absolute atomic E-state index is 0.0521. The number of hydrogen-bond donors (Lipinski definition) is 1. The molecule has 1 fully saturated rings. The lowest BCUT2D eigenvalue weighted by atomic mass is 9.64. The molecule has 43 heavy (non-hydrogen) atoms. The van der Waals surface area contributed by atoms with E-state index in [1.807, 2.05) is 47.4 Å². The van der Waals surface area contributed by atoms with E-state index in [-0.39, 0.29) is 17.0 Å². The van der Waals surface area contributed by atoms with Crippen molar-refractivity contribution >= 4 is 40.6 Å². The van der Waals surface area contributed by atoms with Gasteiger partial charge in [0.1, 0.15) is 17.2 Å². The van der Waals surface area contributed by atoms with Crippen LogP contribution < -0.4 is 15.0 Å². The van der Waals surface area contributed by atoms with Gasteiger partial charge in [-0.2, -0.15) is 0 Å². The van der Waals surface area contributed by atoms with E-state index in [9.17, 15) is 24.5 Å². The molecule has 3 aliphatic rings. The number of nitrogens with one attached hydrogen (secondary N) is 1. The number of carbonyl (C=O) groups is 3. The van der Waals surface area contributed by atoms with Crippen LogP contribution in [-0.4, -0.2) is 41.6 Å². The number of methoxy groups -OCH3 is 1. The van der Waals surface area contributed by atoms with Crippen molar-refractivity contribution in [2.45, 2.75) is 17.5 Å². The number of ether oxygens (including phenoxy) is 1. The Hall–Kier alpha value is -5.57. The fraction of sp³-hybridized carbons (Fsp3) is 0.147. The van der Waals surface area contributed by atoms with E-state index in [1.54, 1.807) is 42.5 Å². The third kappa shape index (κ3) is 3.74. The third-order valence-corrected chi connectivity index (χ3v) is 8.79. The smallest absolute Gasteiger partial charge is 0.270 e. The summed E-state index contributed by atoms with van der Waals surface area (Å²) in [6.45, 7) is 0. The summed E-state index contributed by atoms with van der Waals surface area (Å²) in [5.74, 6) is -2.07. The predicted molar refractivity (Wildman–Crippen MR) is 161 cm³/mol. The van der Waals surface area contributed by atoms with E-state index in [0.717, 1.165) is 5.56 Å². The highest BCUT2D eigenvalue weighted by molar-refractivity contribution is 6.18. The number of Topliss-reactive ketones (excluding diaryl/α,β-unsaturated/α-hetero) is 2. The molecule has 9 nitrogen and oxygen atoms in total. The molecule has 1 spiro atoms. The van der Waals surface area contributed by atoms with Gasteiger partial charge in [0.15, 0.2) is 11.6 Å². The zero-order chi connectivity index (χ0) is 29.9. The van der Waals surface area contributed by atoms with E-state index in [4.69, 9.17) is 4.74 Å². The van der Waals surface area contributed by atoms with Crippen LogP contribution in [0.2, 0.25) is 0 Å². The number of benzene rings is 4. The van der Waals surface area contributed by atoms with Crippen molar-refractivity contribution in [2.75, 3.05) is 17.3 Å². The SMILES string of the molecule is COc1cccc(C(=O)[C@@H]2[C@H](C(=O)c3cccc([N+](=O)[O-])c3)[C@@]3(C(=O)Nc4ccccc43)[C@@H]3C=Cc4ccccc4N23)c1. The van der Waals surface area contributed by atoms with E-state index in [0.29, 0.717) is 28.3 Å². The highest BCUT2D eigenvalue weighted by atomic mass is 16.6. The molecular weight excluding hydrogens is 546 g/mol. The lowest BCUT2D eigenvalue weighted by Crippen LogP contribution is -2.51. The lowest BCUT2D eigenvalue weighted by molar-refractivity contribution is -0.384. The highest BCUT2D eigenvalue weighted by Crippen LogP contribution is 2.58. The van der Waals surface area contributed by atoms with Crippen molar-refractivity contribution in [1.29, 1.82) is 0 Å². The van der Waals surface area contributed by atoms with Crippen LogP contribution in [0.1, 0.15) is 31.8 Å². The van der Waals surface area contributed by atoms with Crippen LogP contribution in [0.4, 0.5) is 17.1 Å². The third-order valence-electron chi connectivity index (χ3n) is 8.79. The molecule has 3 heterocycles. The maximum Gasteiger partial charge on any atom is 0.270 e. The zero-order valence-corrected chi connectivity index (χ0v) is 23.0. The van der Waals surface area contributed by atoms with E-state index in [2.05, 4.69) is 5.32 Å². The normalized spacial score (nSPS) is 22.9. The molecule has 0 radical (unpaired) electrons. The number of ketones is 2. The second-order valence-corrected chi connectivity index (χ2v) is 10.8. The Morgan fingerprint density at radius 1 is 0.907 bits per heavy atom. The number of carbonyl (C=O) groups excluding carboxylic acids is 3. The number of amides is 1. The largest absolute Gasteiger partial charge is 0.497 e. The second-order valence-electron chi connectivity index (χ2n) is 10.8. The quantitative estimate of drug-likeness (QED) is 0.185. The average Bonchev–Trinajstić information content (AvgIpc) is 3.52. The summed E-state index contributed by atoms with van der Waals surface area (Å²) in [5, 5.41) is 14.6. The molecule has 0 saturated carbocycles. The molecule has 7 rings (SSSR count). The van der Waals surface area contributed by atoms with Gasteiger partial charge >= 0.3 is 0 Å². The van der Waals surface area contributed by atoms with E-state index in [1.165, 1.54) is 31.4 Å². The highest BCUT2D eigenvalue weighted by Gasteiger charge is 2.70. The van der Waals surface area contributed by atoms with Crippen molar-refractivity contribution in [1.82, 2.24) is 0 Å².